The SMILES string of the molecule is CCC1(C(=O)O)CC2CCC1O2. The Morgan fingerprint density at radius 2 is 2.42 bits per heavy atom. The minimum Gasteiger partial charge on any atom is -0.481 e. The number of ether oxygens (including phenoxy) is 1. The van der Waals surface area contributed by atoms with Crippen LogP contribution in [0, 0.1) is 5.41 Å². The second kappa shape index (κ2) is 2.46. The van der Waals surface area contributed by atoms with Gasteiger partial charge in [0.1, 0.15) is 0 Å². The molecule has 3 atom stereocenters. The van der Waals surface area contributed by atoms with Gasteiger partial charge in [-0.05, 0) is 25.7 Å². The van der Waals surface area contributed by atoms with Crippen LogP contribution in [0.4, 0.5) is 0 Å². The Hall–Kier alpha value is -0.570. The zero-order valence-corrected chi connectivity index (χ0v) is 7.25. The summed E-state index contributed by atoms with van der Waals surface area (Å²) in [6, 6.07) is 0. The van der Waals surface area contributed by atoms with Crippen molar-refractivity contribution in [3.8, 4) is 0 Å². The van der Waals surface area contributed by atoms with E-state index in [9.17, 15) is 4.79 Å². The number of hydrogen-bond acceptors (Lipinski definition) is 2. The molecule has 0 aromatic heterocycles. The van der Waals surface area contributed by atoms with Crippen LogP contribution in [0.5, 0.6) is 0 Å². The summed E-state index contributed by atoms with van der Waals surface area (Å²) in [4.78, 5) is 11.1. The van der Waals surface area contributed by atoms with E-state index in [0.717, 1.165) is 19.3 Å². The predicted octanol–water partition coefficient (Wildman–Crippen LogP) is 1.42. The lowest BCUT2D eigenvalue weighted by Gasteiger charge is -2.29. The molecule has 0 radical (unpaired) electrons. The summed E-state index contributed by atoms with van der Waals surface area (Å²) in [5.41, 5.74) is -0.553. The Morgan fingerprint density at radius 3 is 2.67 bits per heavy atom. The van der Waals surface area contributed by atoms with Crippen LogP contribution in [0.15, 0.2) is 0 Å². The lowest BCUT2D eigenvalue weighted by Crippen LogP contribution is -2.39. The van der Waals surface area contributed by atoms with Crippen LogP contribution < -0.4 is 0 Å². The van der Waals surface area contributed by atoms with Crippen molar-refractivity contribution in [2.75, 3.05) is 0 Å². The first-order valence-electron chi connectivity index (χ1n) is 4.58. The molecular formula is C9H14O3. The van der Waals surface area contributed by atoms with Crippen LogP contribution in [0.25, 0.3) is 0 Å². The van der Waals surface area contributed by atoms with Gasteiger partial charge in [0.05, 0.1) is 17.6 Å². The van der Waals surface area contributed by atoms with E-state index >= 15 is 0 Å². The first-order chi connectivity index (χ1) is 5.69. The van der Waals surface area contributed by atoms with E-state index in [4.69, 9.17) is 9.84 Å². The maximum atomic E-state index is 11.1. The van der Waals surface area contributed by atoms with Gasteiger partial charge in [-0.1, -0.05) is 6.92 Å². The molecule has 2 aliphatic heterocycles. The average Bonchev–Trinajstić information content (AvgIpc) is 2.62. The van der Waals surface area contributed by atoms with Gasteiger partial charge < -0.3 is 9.84 Å². The number of carboxylic acid groups (broad SMARTS) is 1. The summed E-state index contributed by atoms with van der Waals surface area (Å²) in [5.74, 6) is -0.669. The molecule has 0 aromatic rings. The maximum Gasteiger partial charge on any atom is 0.312 e. The number of carboxylic acids is 1. The van der Waals surface area contributed by atoms with Crippen molar-refractivity contribution in [1.82, 2.24) is 0 Å². The zero-order valence-electron chi connectivity index (χ0n) is 7.25. The molecule has 2 bridgehead atoms. The summed E-state index contributed by atoms with van der Waals surface area (Å²) >= 11 is 0. The molecule has 0 spiro atoms. The third-order valence-electron chi connectivity index (χ3n) is 3.37. The molecule has 0 saturated carbocycles. The topological polar surface area (TPSA) is 46.5 Å². The van der Waals surface area contributed by atoms with E-state index in [-0.39, 0.29) is 12.2 Å². The van der Waals surface area contributed by atoms with Gasteiger partial charge in [-0.2, -0.15) is 0 Å². The van der Waals surface area contributed by atoms with Gasteiger partial charge in [0.25, 0.3) is 0 Å². The fourth-order valence-electron chi connectivity index (χ4n) is 2.55. The van der Waals surface area contributed by atoms with Gasteiger partial charge in [-0.15, -0.1) is 0 Å². The number of aliphatic carboxylic acids is 1. The second-order valence-electron chi connectivity index (χ2n) is 3.84. The van der Waals surface area contributed by atoms with Crippen molar-refractivity contribution < 1.29 is 14.6 Å². The van der Waals surface area contributed by atoms with Crippen LogP contribution >= 0.6 is 0 Å². The highest BCUT2D eigenvalue weighted by Crippen LogP contribution is 2.49. The van der Waals surface area contributed by atoms with Gasteiger partial charge in [-0.3, -0.25) is 4.79 Å². The fourth-order valence-corrected chi connectivity index (χ4v) is 2.55. The first-order valence-corrected chi connectivity index (χ1v) is 4.58. The van der Waals surface area contributed by atoms with Crippen molar-refractivity contribution in [2.45, 2.75) is 44.8 Å². The van der Waals surface area contributed by atoms with Crippen LogP contribution in [0.1, 0.15) is 32.6 Å². The quantitative estimate of drug-likeness (QED) is 0.681. The molecule has 2 aliphatic rings. The average molecular weight is 170 g/mol. The minimum absolute atomic E-state index is 0.00926. The lowest BCUT2D eigenvalue weighted by atomic mass is 9.72. The van der Waals surface area contributed by atoms with Gasteiger partial charge in [0, 0.05) is 0 Å². The van der Waals surface area contributed by atoms with E-state index in [0.29, 0.717) is 6.42 Å². The molecule has 1 N–H and O–H groups in total. The maximum absolute atomic E-state index is 11.1. The molecule has 3 nitrogen and oxygen atoms in total. The Kier molecular flexibility index (Phi) is 1.65. The molecule has 3 unspecified atom stereocenters. The molecule has 3 heteroatoms. The highest BCUT2D eigenvalue weighted by Gasteiger charge is 2.56. The van der Waals surface area contributed by atoms with Crippen LogP contribution in [-0.4, -0.2) is 23.3 Å². The van der Waals surface area contributed by atoms with Crippen LogP contribution in [0.3, 0.4) is 0 Å². The number of fused-ring (bicyclic) bond motifs is 2. The van der Waals surface area contributed by atoms with E-state index < -0.39 is 11.4 Å². The standard InChI is InChI=1S/C9H14O3/c1-2-9(8(10)11)5-6-3-4-7(9)12-6/h6-7H,2-5H2,1H3,(H,10,11). The molecule has 12 heavy (non-hydrogen) atoms. The Morgan fingerprint density at radius 1 is 1.67 bits per heavy atom. The van der Waals surface area contributed by atoms with E-state index in [1.54, 1.807) is 0 Å². The van der Waals surface area contributed by atoms with Gasteiger partial charge in [-0.25, -0.2) is 0 Å². The van der Waals surface area contributed by atoms with Crippen LogP contribution in [-0.2, 0) is 9.53 Å². The number of carbonyl (C=O) groups is 1. The summed E-state index contributed by atoms with van der Waals surface area (Å²) in [5, 5.41) is 9.11. The van der Waals surface area contributed by atoms with E-state index in [1.807, 2.05) is 6.92 Å². The molecule has 0 aliphatic carbocycles. The monoisotopic (exact) mass is 170 g/mol. The summed E-state index contributed by atoms with van der Waals surface area (Å²) in [6.07, 6.45) is 3.63. The van der Waals surface area contributed by atoms with Crippen LogP contribution in [0.2, 0.25) is 0 Å². The Balaban J connectivity index is 2.25. The molecular weight excluding hydrogens is 156 g/mol. The number of hydrogen-bond donors (Lipinski definition) is 1. The molecule has 0 amide bonds. The molecule has 2 heterocycles. The van der Waals surface area contributed by atoms with Crippen molar-refractivity contribution in [3.63, 3.8) is 0 Å². The second-order valence-corrected chi connectivity index (χ2v) is 3.84. The molecule has 2 saturated heterocycles. The lowest BCUT2D eigenvalue weighted by molar-refractivity contribution is -0.152. The van der Waals surface area contributed by atoms with Crippen molar-refractivity contribution in [1.29, 1.82) is 0 Å². The third-order valence-corrected chi connectivity index (χ3v) is 3.37. The zero-order chi connectivity index (χ0) is 8.77. The normalized spacial score (nSPS) is 45.1. The summed E-state index contributed by atoms with van der Waals surface area (Å²) < 4.78 is 5.56. The largest absolute Gasteiger partial charge is 0.481 e. The molecule has 2 fully saturated rings. The number of rotatable bonds is 2. The third kappa shape index (κ3) is 0.829. The van der Waals surface area contributed by atoms with Crippen molar-refractivity contribution >= 4 is 5.97 Å². The summed E-state index contributed by atoms with van der Waals surface area (Å²) in [7, 11) is 0. The predicted molar refractivity (Wildman–Crippen MR) is 42.9 cm³/mol. The van der Waals surface area contributed by atoms with E-state index in [2.05, 4.69) is 0 Å². The van der Waals surface area contributed by atoms with Crippen molar-refractivity contribution in [2.24, 2.45) is 5.41 Å². The minimum atomic E-state index is -0.669. The first kappa shape index (κ1) is 8.05. The highest BCUT2D eigenvalue weighted by molar-refractivity contribution is 5.76. The summed E-state index contributed by atoms with van der Waals surface area (Å²) in [6.45, 7) is 1.94. The molecule has 2 rings (SSSR count). The van der Waals surface area contributed by atoms with Gasteiger partial charge in [0.2, 0.25) is 0 Å². The van der Waals surface area contributed by atoms with Gasteiger partial charge >= 0.3 is 5.97 Å². The van der Waals surface area contributed by atoms with Gasteiger partial charge in [0.15, 0.2) is 0 Å². The van der Waals surface area contributed by atoms with Crippen molar-refractivity contribution in [3.05, 3.63) is 0 Å². The highest BCUT2D eigenvalue weighted by atomic mass is 16.5. The Bertz CT molecular complexity index is 214. The smallest absolute Gasteiger partial charge is 0.312 e. The fraction of sp³-hybridized carbons (Fsp3) is 0.889. The Labute approximate surface area is 71.7 Å². The molecule has 0 aromatic carbocycles. The van der Waals surface area contributed by atoms with E-state index in [1.165, 1.54) is 0 Å². The molecule has 68 valence electrons.